The Morgan fingerprint density at radius 3 is 2.31 bits per heavy atom. The van der Waals surface area contributed by atoms with Crippen LogP contribution in [-0.4, -0.2) is 52.6 Å². The Hall–Kier alpha value is -2.15. The summed E-state index contributed by atoms with van der Waals surface area (Å²) in [7, 11) is -1.86. The van der Waals surface area contributed by atoms with Gasteiger partial charge in [0.05, 0.1) is 44.7 Å². The highest BCUT2D eigenvalue weighted by atomic mass is 32.2. The number of nitrogens with one attached hydrogen (secondary N) is 1. The van der Waals surface area contributed by atoms with Gasteiger partial charge >= 0.3 is 0 Å². The maximum atomic E-state index is 12.8. The first-order chi connectivity index (χ1) is 12.6. The molecule has 0 bridgehead atoms. The van der Waals surface area contributed by atoms with E-state index in [1.54, 1.807) is 35.7 Å². The van der Waals surface area contributed by atoms with E-state index < -0.39 is 10.0 Å². The third kappa shape index (κ3) is 4.52. The fourth-order valence-corrected chi connectivity index (χ4v) is 4.51. The zero-order chi connectivity index (χ0) is 18.4. The Bertz CT molecular complexity index is 825. The average molecular weight is 373 g/mol. The molecule has 3 rings (SSSR count). The Morgan fingerprint density at radius 2 is 1.69 bits per heavy atom. The predicted octanol–water partition coefficient (Wildman–Crippen LogP) is 1.30. The number of hydrogen-bond acceptors (Lipinski definition) is 3. The summed E-state index contributed by atoms with van der Waals surface area (Å²) in [6.07, 6.45) is 4.28. The van der Waals surface area contributed by atoms with Gasteiger partial charge in [-0.3, -0.25) is 0 Å². The number of hydrogen-bond donors (Lipinski definition) is 1. The first-order valence-electron chi connectivity index (χ1n) is 8.79. The van der Waals surface area contributed by atoms with Gasteiger partial charge in [-0.25, -0.2) is 8.42 Å². The summed E-state index contributed by atoms with van der Waals surface area (Å²) >= 11 is 0. The minimum absolute atomic E-state index is 0.325. The number of quaternary nitrogens is 1. The number of sulfonamides is 1. The van der Waals surface area contributed by atoms with Gasteiger partial charge in [-0.2, -0.15) is 4.31 Å². The average Bonchev–Trinajstić information content (AvgIpc) is 2.69. The summed E-state index contributed by atoms with van der Waals surface area (Å²) in [5.74, 6) is 0.656. The number of rotatable bonds is 6. The van der Waals surface area contributed by atoms with E-state index in [1.165, 1.54) is 10.5 Å². The van der Waals surface area contributed by atoms with Crippen LogP contribution in [0.4, 0.5) is 0 Å². The number of benzene rings is 2. The van der Waals surface area contributed by atoms with Crippen molar-refractivity contribution in [3.63, 3.8) is 0 Å². The van der Waals surface area contributed by atoms with Crippen LogP contribution in [0.3, 0.4) is 0 Å². The maximum Gasteiger partial charge on any atom is 0.243 e. The van der Waals surface area contributed by atoms with E-state index in [0.717, 1.165) is 19.6 Å². The summed E-state index contributed by atoms with van der Waals surface area (Å²) < 4.78 is 32.2. The normalized spacial score (nSPS) is 16.8. The molecule has 1 N–H and O–H groups in total. The second kappa shape index (κ2) is 8.49. The lowest BCUT2D eigenvalue weighted by atomic mass is 10.2. The topological polar surface area (TPSA) is 51.1 Å². The number of methoxy groups -OCH3 is 1. The highest BCUT2D eigenvalue weighted by molar-refractivity contribution is 7.89. The van der Waals surface area contributed by atoms with Crippen molar-refractivity contribution in [3.05, 3.63) is 66.2 Å². The van der Waals surface area contributed by atoms with Crippen molar-refractivity contribution in [1.82, 2.24) is 4.31 Å². The van der Waals surface area contributed by atoms with E-state index >= 15 is 0 Å². The number of piperazine rings is 1. The second-order valence-electron chi connectivity index (χ2n) is 6.35. The molecule has 0 amide bonds. The van der Waals surface area contributed by atoms with Gasteiger partial charge in [-0.15, -0.1) is 0 Å². The number of nitrogens with zero attached hydrogens (tertiary/aromatic N) is 1. The van der Waals surface area contributed by atoms with Crippen LogP contribution >= 0.6 is 0 Å². The van der Waals surface area contributed by atoms with Crippen molar-refractivity contribution in [2.75, 3.05) is 39.8 Å². The van der Waals surface area contributed by atoms with Crippen LogP contribution in [0, 0.1) is 0 Å². The fraction of sp³-hybridized carbons (Fsp3) is 0.300. The van der Waals surface area contributed by atoms with Gasteiger partial charge in [0.1, 0.15) is 5.75 Å². The van der Waals surface area contributed by atoms with Crippen molar-refractivity contribution in [1.29, 1.82) is 0 Å². The van der Waals surface area contributed by atoms with Gasteiger partial charge in [0.2, 0.25) is 10.0 Å². The molecule has 0 saturated carbocycles. The van der Waals surface area contributed by atoms with Crippen LogP contribution in [0.15, 0.2) is 65.6 Å². The van der Waals surface area contributed by atoms with Crippen molar-refractivity contribution in [2.45, 2.75) is 4.90 Å². The molecule has 1 saturated heterocycles. The van der Waals surface area contributed by atoms with Crippen LogP contribution < -0.4 is 9.64 Å². The molecule has 5 nitrogen and oxygen atoms in total. The van der Waals surface area contributed by atoms with Gasteiger partial charge in [-0.1, -0.05) is 36.4 Å². The molecule has 1 heterocycles. The highest BCUT2D eigenvalue weighted by Gasteiger charge is 2.29. The van der Waals surface area contributed by atoms with Gasteiger partial charge in [0, 0.05) is 0 Å². The first kappa shape index (κ1) is 18.6. The lowest BCUT2D eigenvalue weighted by molar-refractivity contribution is -0.897. The van der Waals surface area contributed by atoms with Gasteiger partial charge in [0.25, 0.3) is 0 Å². The van der Waals surface area contributed by atoms with E-state index in [-0.39, 0.29) is 0 Å². The SMILES string of the molecule is COc1ccc(S(=O)(=O)N2CC[NH+](C/C=C/c3ccccc3)CC2)cc1. The standard InChI is InChI=1S/C20H24N2O3S/c1-25-19-9-11-20(12-10-19)26(23,24)22-16-14-21(15-17-22)13-5-8-18-6-3-2-4-7-18/h2-12H,13-17H2,1H3/p+1/b8-5+. The van der Waals surface area contributed by atoms with E-state index in [4.69, 9.17) is 4.74 Å². The van der Waals surface area contributed by atoms with Crippen LogP contribution in [0.2, 0.25) is 0 Å². The molecule has 1 aliphatic heterocycles. The van der Waals surface area contributed by atoms with Crippen molar-refractivity contribution < 1.29 is 18.1 Å². The Kier molecular flexibility index (Phi) is 6.08. The smallest absolute Gasteiger partial charge is 0.243 e. The van der Waals surface area contributed by atoms with E-state index in [9.17, 15) is 8.42 Å². The molecule has 0 spiro atoms. The highest BCUT2D eigenvalue weighted by Crippen LogP contribution is 2.19. The molecule has 138 valence electrons. The van der Waals surface area contributed by atoms with E-state index in [0.29, 0.717) is 23.7 Å². The minimum Gasteiger partial charge on any atom is -0.497 e. The molecule has 1 fully saturated rings. The monoisotopic (exact) mass is 373 g/mol. The Morgan fingerprint density at radius 1 is 1.04 bits per heavy atom. The van der Waals surface area contributed by atoms with Crippen LogP contribution in [0.25, 0.3) is 6.08 Å². The summed E-state index contributed by atoms with van der Waals surface area (Å²) in [5.41, 5.74) is 1.19. The van der Waals surface area contributed by atoms with Crippen LogP contribution in [0.1, 0.15) is 5.56 Å². The van der Waals surface area contributed by atoms with E-state index in [1.807, 2.05) is 18.2 Å². The van der Waals surface area contributed by atoms with Crippen molar-refractivity contribution >= 4 is 16.1 Å². The molecule has 2 aromatic rings. The summed E-state index contributed by atoms with van der Waals surface area (Å²) in [4.78, 5) is 1.73. The maximum absolute atomic E-state index is 12.8. The molecule has 2 aromatic carbocycles. The minimum atomic E-state index is -3.43. The summed E-state index contributed by atoms with van der Waals surface area (Å²) in [6.45, 7) is 3.63. The number of ether oxygens (including phenoxy) is 1. The summed E-state index contributed by atoms with van der Waals surface area (Å²) in [6, 6.07) is 16.8. The van der Waals surface area contributed by atoms with Crippen LogP contribution in [-0.2, 0) is 10.0 Å². The van der Waals surface area contributed by atoms with Crippen molar-refractivity contribution in [2.24, 2.45) is 0 Å². The molecule has 0 aromatic heterocycles. The van der Waals surface area contributed by atoms with Gasteiger partial charge < -0.3 is 9.64 Å². The quantitative estimate of drug-likeness (QED) is 0.830. The predicted molar refractivity (Wildman–Crippen MR) is 103 cm³/mol. The van der Waals surface area contributed by atoms with Crippen LogP contribution in [0.5, 0.6) is 5.75 Å². The second-order valence-corrected chi connectivity index (χ2v) is 8.28. The molecule has 1 aliphatic rings. The molecular formula is C20H25N2O3S+. The summed E-state index contributed by atoms with van der Waals surface area (Å²) in [5, 5.41) is 0. The Labute approximate surface area is 155 Å². The van der Waals surface area contributed by atoms with Crippen molar-refractivity contribution in [3.8, 4) is 5.75 Å². The molecule has 0 unspecified atom stereocenters. The lowest BCUT2D eigenvalue weighted by Crippen LogP contribution is -3.14. The Balaban J connectivity index is 1.54. The molecule has 26 heavy (non-hydrogen) atoms. The third-order valence-corrected chi connectivity index (χ3v) is 6.56. The molecular weight excluding hydrogens is 348 g/mol. The van der Waals surface area contributed by atoms with E-state index in [2.05, 4.69) is 24.3 Å². The fourth-order valence-electron chi connectivity index (χ4n) is 3.07. The first-order valence-corrected chi connectivity index (χ1v) is 10.2. The molecule has 6 heteroatoms. The zero-order valence-electron chi connectivity index (χ0n) is 15.0. The van der Waals surface area contributed by atoms with Gasteiger partial charge in [0.15, 0.2) is 0 Å². The molecule has 0 aliphatic carbocycles. The third-order valence-electron chi connectivity index (χ3n) is 4.64. The zero-order valence-corrected chi connectivity index (χ0v) is 15.8. The van der Waals surface area contributed by atoms with Gasteiger partial charge in [-0.05, 0) is 35.9 Å². The molecule has 0 atom stereocenters. The largest absolute Gasteiger partial charge is 0.497 e. The lowest BCUT2D eigenvalue weighted by Gasteiger charge is -2.31. The molecule has 0 radical (unpaired) electrons.